The molecule has 0 saturated heterocycles. The third-order valence-corrected chi connectivity index (χ3v) is 3.51. The molecular weight excluding hydrogens is 174 g/mol. The third kappa shape index (κ3) is 3.25. The summed E-state index contributed by atoms with van der Waals surface area (Å²) in [6, 6.07) is 0. The van der Waals surface area contributed by atoms with E-state index in [9.17, 15) is 0 Å². The van der Waals surface area contributed by atoms with Gasteiger partial charge in [0.15, 0.2) is 0 Å². The summed E-state index contributed by atoms with van der Waals surface area (Å²) in [5, 5.41) is 0. The fraction of sp³-hybridized carbons (Fsp3) is 1.00. The monoisotopic (exact) mass is 199 g/mol. The molecule has 2 atom stereocenters. The van der Waals surface area contributed by atoms with Gasteiger partial charge >= 0.3 is 0 Å². The second-order valence-corrected chi connectivity index (χ2v) is 5.32. The Labute approximate surface area is 88.2 Å². The molecule has 0 amide bonds. The molecule has 1 saturated carbocycles. The average molecular weight is 199 g/mol. The maximum absolute atomic E-state index is 5.80. The van der Waals surface area contributed by atoms with E-state index in [1.54, 1.807) is 0 Å². The molecule has 2 heteroatoms. The Hall–Kier alpha value is -0.0800. The first-order valence-electron chi connectivity index (χ1n) is 5.87. The van der Waals surface area contributed by atoms with E-state index in [-0.39, 0.29) is 0 Å². The molecule has 0 radical (unpaired) electrons. The van der Waals surface area contributed by atoms with Crippen molar-refractivity contribution in [2.24, 2.45) is 23.0 Å². The second-order valence-electron chi connectivity index (χ2n) is 5.32. The summed E-state index contributed by atoms with van der Waals surface area (Å²) >= 11 is 0. The smallest absolute Gasteiger partial charge is 0.0497 e. The molecule has 1 rings (SSSR count). The Morgan fingerprint density at radius 2 is 2.07 bits per heavy atom. The van der Waals surface area contributed by atoms with E-state index in [1.807, 2.05) is 0 Å². The topological polar surface area (TPSA) is 35.2 Å². The first-order chi connectivity index (χ1) is 6.59. The summed E-state index contributed by atoms with van der Waals surface area (Å²) in [5.41, 5.74) is 6.29. The van der Waals surface area contributed by atoms with Crippen LogP contribution in [0.4, 0.5) is 0 Å². The van der Waals surface area contributed by atoms with Gasteiger partial charge in [-0.25, -0.2) is 0 Å². The van der Waals surface area contributed by atoms with E-state index in [2.05, 4.69) is 20.8 Å². The molecular formula is C12H25NO. The van der Waals surface area contributed by atoms with E-state index in [0.29, 0.717) is 17.3 Å². The first-order valence-corrected chi connectivity index (χ1v) is 5.87. The first kappa shape index (κ1) is 12.0. The van der Waals surface area contributed by atoms with Gasteiger partial charge in [-0.05, 0) is 50.0 Å². The molecule has 14 heavy (non-hydrogen) atoms. The van der Waals surface area contributed by atoms with Gasteiger partial charge in [-0.15, -0.1) is 0 Å². The van der Waals surface area contributed by atoms with Crippen LogP contribution in [0.5, 0.6) is 0 Å². The van der Waals surface area contributed by atoms with Gasteiger partial charge < -0.3 is 10.5 Å². The zero-order valence-electron chi connectivity index (χ0n) is 9.88. The molecule has 2 N–H and O–H groups in total. The third-order valence-electron chi connectivity index (χ3n) is 3.51. The van der Waals surface area contributed by atoms with E-state index >= 15 is 0 Å². The predicted molar refractivity (Wildman–Crippen MR) is 60.2 cm³/mol. The highest BCUT2D eigenvalue weighted by molar-refractivity contribution is 4.85. The zero-order chi connectivity index (χ0) is 10.6. The average Bonchev–Trinajstić information content (AvgIpc) is 2.14. The Balaban J connectivity index is 2.47. The van der Waals surface area contributed by atoms with Crippen molar-refractivity contribution in [3.8, 4) is 0 Å². The Morgan fingerprint density at radius 1 is 1.36 bits per heavy atom. The number of hydrogen-bond acceptors (Lipinski definition) is 2. The fourth-order valence-corrected chi connectivity index (χ4v) is 2.56. The standard InChI is InChI=1S/C12H25NO/c1-4-14-9-11-7-12(2,3)6-5-10(11)8-13/h10-11H,4-9,13H2,1-3H3. The molecule has 0 aromatic carbocycles. The highest BCUT2D eigenvalue weighted by Crippen LogP contribution is 2.41. The molecule has 0 aliphatic heterocycles. The number of hydrogen-bond donors (Lipinski definition) is 1. The van der Waals surface area contributed by atoms with Crippen LogP contribution in [-0.4, -0.2) is 19.8 Å². The van der Waals surface area contributed by atoms with Gasteiger partial charge in [0.05, 0.1) is 0 Å². The van der Waals surface area contributed by atoms with Gasteiger partial charge in [-0.1, -0.05) is 13.8 Å². The lowest BCUT2D eigenvalue weighted by Crippen LogP contribution is -2.36. The van der Waals surface area contributed by atoms with E-state index in [0.717, 1.165) is 19.8 Å². The predicted octanol–water partition coefficient (Wildman–Crippen LogP) is 2.42. The van der Waals surface area contributed by atoms with E-state index in [4.69, 9.17) is 10.5 Å². The fourth-order valence-electron chi connectivity index (χ4n) is 2.56. The van der Waals surface area contributed by atoms with Gasteiger partial charge in [0, 0.05) is 13.2 Å². The van der Waals surface area contributed by atoms with Crippen LogP contribution < -0.4 is 5.73 Å². The molecule has 0 aromatic rings. The number of rotatable bonds is 4. The van der Waals surface area contributed by atoms with Crippen LogP contribution in [0.1, 0.15) is 40.0 Å². The lowest BCUT2D eigenvalue weighted by Gasteiger charge is -2.40. The second kappa shape index (κ2) is 5.13. The maximum atomic E-state index is 5.80. The van der Waals surface area contributed by atoms with Crippen LogP contribution in [0, 0.1) is 17.3 Å². The Bertz CT molecular complexity index is 168. The van der Waals surface area contributed by atoms with Crippen molar-refractivity contribution in [1.82, 2.24) is 0 Å². The molecule has 1 fully saturated rings. The summed E-state index contributed by atoms with van der Waals surface area (Å²) in [6.07, 6.45) is 3.87. The van der Waals surface area contributed by atoms with Gasteiger partial charge in [-0.2, -0.15) is 0 Å². The van der Waals surface area contributed by atoms with Gasteiger partial charge in [-0.3, -0.25) is 0 Å². The molecule has 1 aliphatic rings. The minimum atomic E-state index is 0.493. The van der Waals surface area contributed by atoms with Crippen LogP contribution in [-0.2, 0) is 4.74 Å². The summed E-state index contributed by atoms with van der Waals surface area (Å²) in [5.74, 6) is 1.37. The van der Waals surface area contributed by atoms with Crippen molar-refractivity contribution >= 4 is 0 Å². The van der Waals surface area contributed by atoms with Crippen molar-refractivity contribution in [1.29, 1.82) is 0 Å². The summed E-state index contributed by atoms with van der Waals surface area (Å²) < 4.78 is 5.54. The van der Waals surface area contributed by atoms with Crippen molar-refractivity contribution in [3.05, 3.63) is 0 Å². The van der Waals surface area contributed by atoms with Crippen LogP contribution in [0.25, 0.3) is 0 Å². The van der Waals surface area contributed by atoms with E-state index < -0.39 is 0 Å². The molecule has 0 aromatic heterocycles. The summed E-state index contributed by atoms with van der Waals surface area (Å²) in [6.45, 7) is 9.34. The maximum Gasteiger partial charge on any atom is 0.0497 e. The van der Waals surface area contributed by atoms with Gasteiger partial charge in [0.2, 0.25) is 0 Å². The lowest BCUT2D eigenvalue weighted by molar-refractivity contribution is 0.0321. The minimum Gasteiger partial charge on any atom is -0.381 e. The Morgan fingerprint density at radius 3 is 2.64 bits per heavy atom. The van der Waals surface area contributed by atoms with Crippen LogP contribution >= 0.6 is 0 Å². The quantitative estimate of drug-likeness (QED) is 0.754. The largest absolute Gasteiger partial charge is 0.381 e. The molecule has 2 unspecified atom stereocenters. The Kier molecular flexibility index (Phi) is 4.39. The van der Waals surface area contributed by atoms with Crippen molar-refractivity contribution in [2.45, 2.75) is 40.0 Å². The normalized spacial score (nSPS) is 31.7. The molecule has 0 spiro atoms. The van der Waals surface area contributed by atoms with Crippen LogP contribution in [0.2, 0.25) is 0 Å². The zero-order valence-corrected chi connectivity index (χ0v) is 9.88. The van der Waals surface area contributed by atoms with Crippen LogP contribution in [0.15, 0.2) is 0 Å². The molecule has 0 heterocycles. The number of ether oxygens (including phenoxy) is 1. The van der Waals surface area contributed by atoms with Crippen LogP contribution in [0.3, 0.4) is 0 Å². The van der Waals surface area contributed by atoms with Gasteiger partial charge in [0.1, 0.15) is 0 Å². The van der Waals surface area contributed by atoms with Crippen molar-refractivity contribution < 1.29 is 4.74 Å². The van der Waals surface area contributed by atoms with Gasteiger partial charge in [0.25, 0.3) is 0 Å². The molecule has 1 aliphatic carbocycles. The summed E-state index contributed by atoms with van der Waals surface area (Å²) in [7, 11) is 0. The van der Waals surface area contributed by atoms with Crippen molar-refractivity contribution in [3.63, 3.8) is 0 Å². The summed E-state index contributed by atoms with van der Waals surface area (Å²) in [4.78, 5) is 0. The highest BCUT2D eigenvalue weighted by Gasteiger charge is 2.33. The highest BCUT2D eigenvalue weighted by atomic mass is 16.5. The van der Waals surface area contributed by atoms with Crippen molar-refractivity contribution in [2.75, 3.05) is 19.8 Å². The SMILES string of the molecule is CCOCC1CC(C)(C)CCC1CN. The lowest BCUT2D eigenvalue weighted by atomic mass is 9.67. The molecule has 0 bridgehead atoms. The molecule has 84 valence electrons. The minimum absolute atomic E-state index is 0.493. The number of nitrogens with two attached hydrogens (primary N) is 1. The van der Waals surface area contributed by atoms with E-state index in [1.165, 1.54) is 19.3 Å². The molecule has 2 nitrogen and oxygen atoms in total.